The van der Waals surface area contributed by atoms with Crippen LogP contribution in [0.4, 0.5) is 28.1 Å². The highest BCUT2D eigenvalue weighted by atomic mass is 35.5. The first-order valence-electron chi connectivity index (χ1n) is 26.4. The Balaban J connectivity index is 0.000000238. The van der Waals surface area contributed by atoms with Crippen molar-refractivity contribution >= 4 is 98.3 Å². The number of aromatic amines is 2. The molecule has 0 aliphatic heterocycles. The van der Waals surface area contributed by atoms with Gasteiger partial charge in [-0.05, 0) is 120 Å². The van der Waals surface area contributed by atoms with Gasteiger partial charge in [-0.1, -0.05) is 105 Å². The predicted octanol–water partition coefficient (Wildman–Crippen LogP) is 16.1. The molecule has 0 spiro atoms. The van der Waals surface area contributed by atoms with E-state index in [0.29, 0.717) is 87.4 Å². The van der Waals surface area contributed by atoms with Crippen LogP contribution in [-0.2, 0) is 4.74 Å². The zero-order valence-corrected chi connectivity index (χ0v) is 45.6. The fourth-order valence-electron chi connectivity index (χ4n) is 9.84. The van der Waals surface area contributed by atoms with Crippen LogP contribution in [0.5, 0.6) is 0 Å². The molecule has 4 heterocycles. The number of nitrogens with one attached hydrogen (secondary N) is 5. The lowest BCUT2D eigenvalue weighted by Gasteiger charge is -2.29. The van der Waals surface area contributed by atoms with Crippen molar-refractivity contribution in [1.82, 2.24) is 29.9 Å². The number of nitrogens with zero attached hydrogens (tertiary/aromatic N) is 4. The Bertz CT molecular complexity index is 3270. The second-order valence-electron chi connectivity index (χ2n) is 20.1. The summed E-state index contributed by atoms with van der Waals surface area (Å²) in [6.07, 6.45) is 15.3. The van der Waals surface area contributed by atoms with E-state index >= 15 is 0 Å². The van der Waals surface area contributed by atoms with E-state index in [-0.39, 0.29) is 43.5 Å². The number of H-pyrrole nitrogens is 2. The Morgan fingerprint density at radius 1 is 0.675 bits per heavy atom. The molecule has 14 nitrogen and oxygen atoms in total. The van der Waals surface area contributed by atoms with Gasteiger partial charge in [0.1, 0.15) is 5.60 Å². The molecule has 2 fully saturated rings. The minimum absolute atomic E-state index is 0. The van der Waals surface area contributed by atoms with Gasteiger partial charge >= 0.3 is 6.09 Å². The molecular weight excluding hydrogens is 1030 g/mol. The summed E-state index contributed by atoms with van der Waals surface area (Å²) in [5.41, 5.74) is 13.1. The van der Waals surface area contributed by atoms with Gasteiger partial charge in [-0.25, -0.2) is 24.7 Å². The normalized spacial score (nSPS) is 17.1. The molecule has 2 aliphatic rings. The quantitative estimate of drug-likeness (QED) is 0.0473. The molecule has 0 unspecified atom stereocenters. The van der Waals surface area contributed by atoms with Gasteiger partial charge in [-0.2, -0.15) is 0 Å². The van der Waals surface area contributed by atoms with E-state index < -0.39 is 11.7 Å². The van der Waals surface area contributed by atoms with Crippen LogP contribution in [0.2, 0.25) is 10.0 Å². The van der Waals surface area contributed by atoms with Crippen molar-refractivity contribution in [1.29, 1.82) is 0 Å². The molecule has 0 radical (unpaired) electrons. The zero-order chi connectivity index (χ0) is 53.8. The molecule has 4 aromatic carbocycles. The number of nitrogen functional groups attached to an aromatic ring is 1. The van der Waals surface area contributed by atoms with E-state index in [1.165, 1.54) is 0 Å². The first kappa shape index (κ1) is 57.7. The molecule has 0 atom stereocenters. The summed E-state index contributed by atoms with van der Waals surface area (Å²) in [6.45, 7) is 7.71. The fourth-order valence-corrected chi connectivity index (χ4v) is 10.2. The largest absolute Gasteiger partial charge is 0.444 e. The van der Waals surface area contributed by atoms with Crippen molar-refractivity contribution in [2.24, 2.45) is 11.8 Å². The number of ketones is 2. The Kier molecular flexibility index (Phi) is 20.5. The minimum Gasteiger partial charge on any atom is -0.444 e. The van der Waals surface area contributed by atoms with E-state index in [1.54, 1.807) is 55.7 Å². The maximum Gasteiger partial charge on any atom is 0.412 e. The second-order valence-corrected chi connectivity index (χ2v) is 20.9. The van der Waals surface area contributed by atoms with Crippen molar-refractivity contribution in [2.45, 2.75) is 124 Å². The minimum atomic E-state index is -0.593. The number of hydrogen-bond donors (Lipinski definition) is 6. The summed E-state index contributed by atoms with van der Waals surface area (Å²) in [4.78, 5) is 62.6. The lowest BCUT2D eigenvalue weighted by Crippen LogP contribution is -2.28. The number of carbonyl (C=O) groups excluding carboxylic acids is 3. The molecule has 2 saturated carbocycles. The van der Waals surface area contributed by atoms with E-state index in [9.17, 15) is 14.4 Å². The average Bonchev–Trinajstić information content (AvgIpc) is 4.04. The van der Waals surface area contributed by atoms with Crippen molar-refractivity contribution in [2.75, 3.05) is 21.7 Å². The van der Waals surface area contributed by atoms with Gasteiger partial charge in [0.05, 0.1) is 33.8 Å². The Labute approximate surface area is 469 Å². The number of ether oxygens (including phenoxy) is 1. The number of carbonyl (C=O) groups is 3. The lowest BCUT2D eigenvalue weighted by molar-refractivity contribution is 0.0635. The van der Waals surface area contributed by atoms with Crippen molar-refractivity contribution in [3.8, 4) is 22.5 Å². The Morgan fingerprint density at radius 3 is 1.57 bits per heavy atom. The van der Waals surface area contributed by atoms with Crippen LogP contribution in [0.25, 0.3) is 44.3 Å². The molecule has 17 heteroatoms. The summed E-state index contributed by atoms with van der Waals surface area (Å²) >= 11 is 12.9. The van der Waals surface area contributed by atoms with Gasteiger partial charge in [-0.3, -0.25) is 14.9 Å². The highest BCUT2D eigenvalue weighted by Crippen LogP contribution is 2.36. The van der Waals surface area contributed by atoms with Gasteiger partial charge in [0, 0.05) is 94.1 Å². The van der Waals surface area contributed by atoms with E-state index in [1.807, 2.05) is 87.8 Å². The monoisotopic (exact) mass is 1100 g/mol. The third kappa shape index (κ3) is 15.8. The Morgan fingerprint density at radius 2 is 1.12 bits per heavy atom. The van der Waals surface area contributed by atoms with Crippen LogP contribution >= 0.6 is 35.6 Å². The molecule has 0 bridgehead atoms. The summed E-state index contributed by atoms with van der Waals surface area (Å²) in [6, 6.07) is 30.9. The number of benzene rings is 4. The molecule has 1 amide bonds. The molecule has 8 aromatic rings. The van der Waals surface area contributed by atoms with Crippen LogP contribution in [0, 0.1) is 11.8 Å². The molecule has 77 heavy (non-hydrogen) atoms. The van der Waals surface area contributed by atoms with Crippen molar-refractivity contribution < 1.29 is 20.5 Å². The molecular formula is C60H71Cl3N10O4. The summed E-state index contributed by atoms with van der Waals surface area (Å²) in [5, 5.41) is 12.8. The average molecular weight is 1100 g/mol. The molecule has 4 aromatic heterocycles. The maximum absolute atomic E-state index is 13.0. The smallest absolute Gasteiger partial charge is 0.412 e. The molecule has 7 N–H and O–H groups in total. The second kappa shape index (κ2) is 27.4. The fraction of sp³-hybridized carbons (Fsp3) is 0.350. The molecule has 0 saturated heterocycles. The number of amides is 1. The first-order chi connectivity index (χ1) is 36.6. The number of Topliss-reactive ketones (excluding diaryl/α,β-unsaturated/α-hetero) is 2. The number of rotatable bonds is 13. The van der Waals surface area contributed by atoms with E-state index in [2.05, 4.69) is 42.0 Å². The number of anilines is 4. The number of aromatic nitrogens is 6. The van der Waals surface area contributed by atoms with Crippen molar-refractivity contribution in [3.63, 3.8) is 0 Å². The molecule has 406 valence electrons. The van der Waals surface area contributed by atoms with Gasteiger partial charge in [0.15, 0.2) is 11.6 Å². The van der Waals surface area contributed by atoms with Crippen LogP contribution < -0.4 is 21.7 Å². The third-order valence-corrected chi connectivity index (χ3v) is 14.1. The highest BCUT2D eigenvalue weighted by molar-refractivity contribution is 6.33. The van der Waals surface area contributed by atoms with E-state index in [0.717, 1.165) is 84.3 Å². The standard InChI is InChI=1S/C31H34ClN5O3.C26H26ClN5O.C2H6.CH4.ClH/c1-31(2,3)40-30(39)36-22-8-6-7-20(16-22)27(38)15-19-11-13-21(14-12-19)35-29-34-18-25(32)28(37-29)24-17-33-26-10-5-4-9-23(24)26;27-22-15-30-26(32-25(22)21-14-29-23-7-2-1-6-20(21)23)31-19-10-8-16(9-11-19)12-24(33)17-4-3-5-18(28)13-17;1-2;;/h4-10,16-19,21,33H,11-15H2,1-3H3,(H,36,39)(H,34,35,37);1-7,13-16,19,29H,8-12,28H2,(H,30,31,32);1-2H3;1H4;1H/i;;1D;;. The molecule has 10 rings (SSSR count). The summed E-state index contributed by atoms with van der Waals surface area (Å²) in [7, 11) is 0. The van der Waals surface area contributed by atoms with E-state index in [4.69, 9.17) is 45.0 Å². The van der Waals surface area contributed by atoms with Crippen LogP contribution in [0.3, 0.4) is 0 Å². The summed E-state index contributed by atoms with van der Waals surface area (Å²) < 4.78 is 11.5. The summed E-state index contributed by atoms with van der Waals surface area (Å²) in [5.74, 6) is 2.08. The first-order valence-corrected chi connectivity index (χ1v) is 26.4. The SMILES string of the molecule is C.CC(C)(C)OC(=O)Nc1cccc(C(=O)CC2CCC(Nc3ncc(Cl)c(-c4c[nH]c5ccccc45)n3)CC2)c1.Cl.Nc1cccc(C(=O)CC2CCC(Nc3ncc(Cl)c(-c4c[nH]c5ccccc45)n3)CC2)c1.[2H]CC. The van der Waals surface area contributed by atoms with Crippen molar-refractivity contribution in [3.05, 3.63) is 143 Å². The third-order valence-electron chi connectivity index (χ3n) is 13.5. The Hall–Kier alpha value is -7.00. The number of nitrogens with two attached hydrogens (primary N) is 1. The van der Waals surface area contributed by atoms with Crippen LogP contribution in [0.1, 0.15) is 128 Å². The zero-order valence-electron chi connectivity index (χ0n) is 44.3. The van der Waals surface area contributed by atoms with Gasteiger partial charge in [0.25, 0.3) is 0 Å². The number of fused-ring (bicyclic) bond motifs is 2. The molecule has 2 aliphatic carbocycles. The number of halogens is 3. The van der Waals surface area contributed by atoms with Gasteiger partial charge < -0.3 is 31.1 Å². The predicted molar refractivity (Wildman–Crippen MR) is 318 cm³/mol. The number of para-hydroxylation sites is 2. The topological polar surface area (TPSA) is 206 Å². The van der Waals surface area contributed by atoms with Crippen LogP contribution in [-0.4, -0.2) is 65.2 Å². The highest BCUT2D eigenvalue weighted by Gasteiger charge is 2.27. The van der Waals surface area contributed by atoms with Gasteiger partial charge in [0.2, 0.25) is 11.9 Å². The lowest BCUT2D eigenvalue weighted by atomic mass is 9.82. The number of hydrogen-bond acceptors (Lipinski definition) is 11. The van der Waals surface area contributed by atoms with Gasteiger partial charge in [-0.15, -0.1) is 12.4 Å². The van der Waals surface area contributed by atoms with Crippen LogP contribution in [0.15, 0.2) is 122 Å². The maximum atomic E-state index is 13.0.